The molecule has 3 N–H and O–H groups in total. The second kappa shape index (κ2) is 4.43. The van der Waals surface area contributed by atoms with E-state index in [1.54, 1.807) is 0 Å². The third kappa shape index (κ3) is 4.11. The Hall–Kier alpha value is -1.37. The summed E-state index contributed by atoms with van der Waals surface area (Å²) < 4.78 is 28.6. The summed E-state index contributed by atoms with van der Waals surface area (Å²) in [5.74, 6) is -0.274. The molecule has 0 saturated heterocycles. The monoisotopic (exact) mass is 238 g/mol. The fourth-order valence-electron chi connectivity index (χ4n) is 0.885. The van der Waals surface area contributed by atoms with Gasteiger partial charge in [0, 0.05) is 24.2 Å². The molecule has 1 aromatic rings. The van der Waals surface area contributed by atoms with Gasteiger partial charge in [0.25, 0.3) is 0 Å². The first-order valence-electron chi connectivity index (χ1n) is 4.05. The molecule has 0 fully saturated rings. The van der Waals surface area contributed by atoms with Crippen LogP contribution in [0.1, 0.15) is 6.92 Å². The van der Waals surface area contributed by atoms with E-state index in [9.17, 15) is 8.78 Å². The zero-order valence-electron chi connectivity index (χ0n) is 7.80. The molecule has 1 rings (SSSR count). The summed E-state index contributed by atoms with van der Waals surface area (Å²) >= 11 is 4.57. The van der Waals surface area contributed by atoms with Crippen LogP contribution in [-0.4, -0.2) is 22.1 Å². The van der Waals surface area contributed by atoms with Crippen LogP contribution in [-0.2, 0) is 0 Å². The van der Waals surface area contributed by atoms with Crippen LogP contribution in [0.15, 0.2) is 6.07 Å². The Kier molecular flexibility index (Phi) is 3.46. The molecule has 0 amide bonds. The van der Waals surface area contributed by atoms with Gasteiger partial charge in [0.05, 0.1) is 0 Å². The van der Waals surface area contributed by atoms with Crippen molar-refractivity contribution in [2.75, 3.05) is 17.6 Å². The van der Waals surface area contributed by atoms with Crippen LogP contribution in [0.2, 0.25) is 0 Å². The Morgan fingerprint density at radius 2 is 2.27 bits per heavy atom. The molecule has 0 unspecified atom stereocenters. The molecular weight excluding hydrogens is 230 g/mol. The van der Waals surface area contributed by atoms with E-state index in [0.717, 1.165) is 0 Å². The topological polar surface area (TPSA) is 73.1 Å². The number of anilines is 2. The maximum absolute atomic E-state index is 12.3. The Morgan fingerprint density at radius 3 is 2.80 bits per heavy atom. The highest BCUT2D eigenvalue weighted by molar-refractivity contribution is 6.20. The summed E-state index contributed by atoms with van der Waals surface area (Å²) in [6.07, 6.45) is 0. The molecule has 0 spiro atoms. The summed E-state index contributed by atoms with van der Waals surface area (Å²) in [4.78, 5) is 7.18. The highest BCUT2D eigenvalue weighted by atomic mass is 35.5. The summed E-state index contributed by atoms with van der Waals surface area (Å²) in [5, 5.41) is 2.78. The van der Waals surface area contributed by atoms with Gasteiger partial charge >= 0.3 is 5.57 Å². The SMILES string of the molecule is CCNc1cc(OC(F)(F)Cl)nc(N)n1. The van der Waals surface area contributed by atoms with Crippen LogP contribution in [0.3, 0.4) is 0 Å². The van der Waals surface area contributed by atoms with E-state index in [1.807, 2.05) is 6.92 Å². The number of hydrogen-bond acceptors (Lipinski definition) is 5. The van der Waals surface area contributed by atoms with Crippen molar-refractivity contribution < 1.29 is 13.5 Å². The second-order valence-corrected chi connectivity index (χ2v) is 2.97. The van der Waals surface area contributed by atoms with Crippen molar-refractivity contribution in [3.63, 3.8) is 0 Å². The van der Waals surface area contributed by atoms with Gasteiger partial charge in [0.15, 0.2) is 0 Å². The average Bonchev–Trinajstić information content (AvgIpc) is 1.99. The summed E-state index contributed by atoms with van der Waals surface area (Å²) in [6.45, 7) is 2.38. The van der Waals surface area contributed by atoms with E-state index in [2.05, 4.69) is 31.6 Å². The van der Waals surface area contributed by atoms with Crippen molar-refractivity contribution >= 4 is 23.4 Å². The van der Waals surface area contributed by atoms with Crippen molar-refractivity contribution in [1.29, 1.82) is 0 Å². The molecule has 1 heterocycles. The minimum Gasteiger partial charge on any atom is -0.402 e. The van der Waals surface area contributed by atoms with E-state index in [-0.39, 0.29) is 5.95 Å². The number of nitrogens with one attached hydrogen (secondary N) is 1. The van der Waals surface area contributed by atoms with Crippen LogP contribution < -0.4 is 15.8 Å². The lowest BCUT2D eigenvalue weighted by molar-refractivity contribution is -0.0990. The number of rotatable bonds is 4. The molecule has 0 aliphatic carbocycles. The smallest absolute Gasteiger partial charge is 0.402 e. The third-order valence-electron chi connectivity index (χ3n) is 1.30. The van der Waals surface area contributed by atoms with Gasteiger partial charge in [0.2, 0.25) is 11.8 Å². The molecule has 0 aliphatic heterocycles. The van der Waals surface area contributed by atoms with Crippen LogP contribution in [0.25, 0.3) is 0 Å². The highest BCUT2D eigenvalue weighted by Crippen LogP contribution is 2.25. The normalized spacial score (nSPS) is 11.2. The lowest BCUT2D eigenvalue weighted by Crippen LogP contribution is -2.17. The van der Waals surface area contributed by atoms with Gasteiger partial charge in [-0.25, -0.2) is 0 Å². The van der Waals surface area contributed by atoms with Crippen LogP contribution in [0, 0.1) is 0 Å². The number of halogens is 3. The van der Waals surface area contributed by atoms with Crippen molar-refractivity contribution in [3.8, 4) is 5.88 Å². The summed E-state index contributed by atoms with van der Waals surface area (Å²) in [6, 6.07) is 1.18. The molecule has 1 aromatic heterocycles. The molecule has 84 valence electrons. The number of nitrogen functional groups attached to an aromatic ring is 1. The molecule has 0 bridgehead atoms. The summed E-state index contributed by atoms with van der Waals surface area (Å²) in [7, 11) is 0. The Balaban J connectivity index is 2.88. The number of hydrogen-bond donors (Lipinski definition) is 2. The zero-order valence-corrected chi connectivity index (χ0v) is 8.55. The van der Waals surface area contributed by atoms with Gasteiger partial charge < -0.3 is 15.8 Å². The Labute approximate surface area is 89.6 Å². The molecule has 0 aromatic carbocycles. The van der Waals surface area contributed by atoms with Crippen LogP contribution >= 0.6 is 11.6 Å². The van der Waals surface area contributed by atoms with Gasteiger partial charge in [0.1, 0.15) is 5.82 Å². The first kappa shape index (κ1) is 11.7. The van der Waals surface area contributed by atoms with E-state index >= 15 is 0 Å². The third-order valence-corrected chi connectivity index (χ3v) is 1.38. The van der Waals surface area contributed by atoms with Gasteiger partial charge in [-0.05, 0) is 6.92 Å². The van der Waals surface area contributed by atoms with Crippen molar-refractivity contribution in [1.82, 2.24) is 9.97 Å². The van der Waals surface area contributed by atoms with E-state index in [4.69, 9.17) is 5.73 Å². The maximum Gasteiger partial charge on any atom is 0.488 e. The molecule has 0 radical (unpaired) electrons. The minimum atomic E-state index is -3.82. The molecule has 5 nitrogen and oxygen atoms in total. The zero-order chi connectivity index (χ0) is 11.5. The Morgan fingerprint density at radius 1 is 1.60 bits per heavy atom. The Bertz CT molecular complexity index is 344. The number of aromatic nitrogens is 2. The average molecular weight is 239 g/mol. The van der Waals surface area contributed by atoms with Gasteiger partial charge in [-0.15, -0.1) is 8.78 Å². The van der Waals surface area contributed by atoms with E-state index < -0.39 is 11.4 Å². The van der Waals surface area contributed by atoms with Gasteiger partial charge in [-0.2, -0.15) is 9.97 Å². The van der Waals surface area contributed by atoms with Crippen LogP contribution in [0.5, 0.6) is 5.88 Å². The molecule has 8 heteroatoms. The van der Waals surface area contributed by atoms with Crippen molar-refractivity contribution in [2.24, 2.45) is 0 Å². The predicted octanol–water partition coefficient (Wildman–Crippen LogP) is 1.66. The number of nitrogens with zero attached hydrogens (tertiary/aromatic N) is 2. The first-order valence-corrected chi connectivity index (χ1v) is 4.42. The first-order chi connectivity index (χ1) is 6.90. The maximum atomic E-state index is 12.3. The molecular formula is C7H9ClF2N4O. The fraction of sp³-hybridized carbons (Fsp3) is 0.429. The van der Waals surface area contributed by atoms with Crippen molar-refractivity contribution in [3.05, 3.63) is 6.07 Å². The predicted molar refractivity (Wildman–Crippen MR) is 52.0 cm³/mol. The fourth-order valence-corrected chi connectivity index (χ4v) is 0.964. The van der Waals surface area contributed by atoms with E-state index in [0.29, 0.717) is 12.4 Å². The minimum absolute atomic E-state index is 0.177. The number of nitrogens with two attached hydrogens (primary N) is 1. The van der Waals surface area contributed by atoms with Crippen molar-refractivity contribution in [2.45, 2.75) is 12.5 Å². The van der Waals surface area contributed by atoms with Gasteiger partial charge in [-0.3, -0.25) is 0 Å². The molecule has 0 atom stereocenters. The largest absolute Gasteiger partial charge is 0.488 e. The standard InChI is InChI=1S/C7H9ClF2N4O/c1-2-12-4-3-5(14-6(11)13-4)15-7(8,9)10/h3H,2H2,1H3,(H3,11,12,13,14). The van der Waals surface area contributed by atoms with Gasteiger partial charge in [-0.1, -0.05) is 0 Å². The lowest BCUT2D eigenvalue weighted by Gasteiger charge is -2.11. The summed E-state index contributed by atoms with van der Waals surface area (Å²) in [5.41, 5.74) is 1.46. The quantitative estimate of drug-likeness (QED) is 0.781. The molecule has 15 heavy (non-hydrogen) atoms. The highest BCUT2D eigenvalue weighted by Gasteiger charge is 2.28. The number of alkyl halides is 3. The van der Waals surface area contributed by atoms with Crippen LogP contribution in [0.4, 0.5) is 20.5 Å². The molecule has 0 saturated carbocycles. The number of ether oxygens (including phenoxy) is 1. The second-order valence-electron chi connectivity index (χ2n) is 2.53. The lowest BCUT2D eigenvalue weighted by atomic mass is 10.5. The van der Waals surface area contributed by atoms with E-state index in [1.165, 1.54) is 6.07 Å². The molecule has 0 aliphatic rings.